The summed E-state index contributed by atoms with van der Waals surface area (Å²) in [5, 5.41) is 11.9. The number of hydrogen-bond donors (Lipinski definition) is 0. The molecule has 0 spiro atoms. The van der Waals surface area contributed by atoms with Gasteiger partial charge >= 0.3 is 0 Å². The van der Waals surface area contributed by atoms with E-state index in [9.17, 15) is 0 Å². The molecule has 0 aliphatic carbocycles. The van der Waals surface area contributed by atoms with E-state index in [1.54, 1.807) is 0 Å². The number of aromatic nitrogens is 4. The van der Waals surface area contributed by atoms with Gasteiger partial charge in [0.05, 0.1) is 16.7 Å². The molecule has 4 nitrogen and oxygen atoms in total. The Morgan fingerprint density at radius 3 is 1.49 bits per heavy atom. The smallest absolute Gasteiger partial charge is 0.164 e. The van der Waals surface area contributed by atoms with Gasteiger partial charge in [-0.15, -0.1) is 0 Å². The van der Waals surface area contributed by atoms with E-state index in [1.807, 2.05) is 18.2 Å². The first-order valence-electron chi connectivity index (χ1n) is 18.0. The predicted octanol–water partition coefficient (Wildman–Crippen LogP) is 12.6. The molecule has 0 fully saturated rings. The SMILES string of the molecule is c1ccc(-c2nc(-c3ccc4ccccc4c3)nc(-c3ccc(-n4c5c6ccccc6ccc5c5ccc6ccccc6c54)c4ccccc34)n2)cc1. The van der Waals surface area contributed by atoms with Gasteiger partial charge in [-0.25, -0.2) is 15.0 Å². The molecule has 0 radical (unpaired) electrons. The molecule has 9 aromatic carbocycles. The maximum Gasteiger partial charge on any atom is 0.164 e. The second-order valence-electron chi connectivity index (χ2n) is 13.6. The highest BCUT2D eigenvalue weighted by Gasteiger charge is 2.21. The van der Waals surface area contributed by atoms with Crippen molar-refractivity contribution in [3.63, 3.8) is 0 Å². The van der Waals surface area contributed by atoms with Crippen LogP contribution in [0.1, 0.15) is 0 Å². The molecule has 11 rings (SSSR count). The van der Waals surface area contributed by atoms with Crippen molar-refractivity contribution in [2.45, 2.75) is 0 Å². The third-order valence-corrected chi connectivity index (χ3v) is 10.6. The average molecular weight is 675 g/mol. The molecule has 0 saturated carbocycles. The molecule has 0 amide bonds. The van der Waals surface area contributed by atoms with Crippen LogP contribution in [-0.4, -0.2) is 19.5 Å². The van der Waals surface area contributed by atoms with Gasteiger partial charge < -0.3 is 4.57 Å². The summed E-state index contributed by atoms with van der Waals surface area (Å²) in [6, 6.07) is 64.6. The summed E-state index contributed by atoms with van der Waals surface area (Å²) in [6.07, 6.45) is 0. The molecule has 2 heterocycles. The van der Waals surface area contributed by atoms with Gasteiger partial charge in [0.15, 0.2) is 17.5 Å². The Labute approximate surface area is 305 Å². The van der Waals surface area contributed by atoms with Crippen molar-refractivity contribution in [1.82, 2.24) is 19.5 Å². The van der Waals surface area contributed by atoms with Crippen molar-refractivity contribution in [3.05, 3.63) is 182 Å². The number of benzene rings is 9. The monoisotopic (exact) mass is 674 g/mol. The van der Waals surface area contributed by atoms with Crippen LogP contribution < -0.4 is 0 Å². The normalized spacial score (nSPS) is 11.8. The highest BCUT2D eigenvalue weighted by atomic mass is 15.0. The molecule has 53 heavy (non-hydrogen) atoms. The zero-order chi connectivity index (χ0) is 34.9. The Bertz CT molecular complexity index is 3140. The number of hydrogen-bond acceptors (Lipinski definition) is 3. The predicted molar refractivity (Wildman–Crippen MR) is 220 cm³/mol. The minimum absolute atomic E-state index is 0.642. The van der Waals surface area contributed by atoms with E-state index in [1.165, 1.54) is 48.7 Å². The van der Waals surface area contributed by atoms with Crippen molar-refractivity contribution >= 4 is 64.9 Å². The van der Waals surface area contributed by atoms with Crippen LogP contribution in [0.4, 0.5) is 0 Å². The van der Waals surface area contributed by atoms with E-state index < -0.39 is 0 Å². The van der Waals surface area contributed by atoms with E-state index in [-0.39, 0.29) is 0 Å². The van der Waals surface area contributed by atoms with E-state index in [4.69, 9.17) is 15.0 Å². The zero-order valence-electron chi connectivity index (χ0n) is 28.6. The molecule has 0 aliphatic rings. The Kier molecular flexibility index (Phi) is 6.52. The lowest BCUT2D eigenvalue weighted by molar-refractivity contribution is 1.08. The number of nitrogens with zero attached hydrogens (tertiary/aromatic N) is 4. The summed E-state index contributed by atoms with van der Waals surface area (Å²) in [5.41, 5.74) is 6.39. The maximum absolute atomic E-state index is 5.20. The Hall–Kier alpha value is -7.17. The van der Waals surface area contributed by atoms with Crippen LogP contribution in [0.5, 0.6) is 0 Å². The molecule has 0 saturated heterocycles. The minimum Gasteiger partial charge on any atom is -0.307 e. The van der Waals surface area contributed by atoms with E-state index in [0.29, 0.717) is 17.5 Å². The van der Waals surface area contributed by atoms with E-state index in [0.717, 1.165) is 38.5 Å². The average Bonchev–Trinajstić information content (AvgIpc) is 3.58. The topological polar surface area (TPSA) is 43.6 Å². The molecule has 4 heteroatoms. The zero-order valence-corrected chi connectivity index (χ0v) is 28.6. The van der Waals surface area contributed by atoms with Crippen LogP contribution >= 0.6 is 0 Å². The van der Waals surface area contributed by atoms with Crippen molar-refractivity contribution in [2.75, 3.05) is 0 Å². The molecule has 0 N–H and O–H groups in total. The summed E-state index contributed by atoms with van der Waals surface area (Å²) >= 11 is 0. The van der Waals surface area contributed by atoms with Crippen LogP contribution in [-0.2, 0) is 0 Å². The Morgan fingerprint density at radius 1 is 0.302 bits per heavy atom. The Balaban J connectivity index is 1.21. The summed E-state index contributed by atoms with van der Waals surface area (Å²) in [4.78, 5) is 15.4. The van der Waals surface area contributed by atoms with Gasteiger partial charge in [0.2, 0.25) is 0 Å². The second-order valence-corrected chi connectivity index (χ2v) is 13.6. The van der Waals surface area contributed by atoms with Gasteiger partial charge in [-0.1, -0.05) is 164 Å². The first kappa shape index (κ1) is 29.5. The van der Waals surface area contributed by atoms with Gasteiger partial charge in [0, 0.05) is 43.6 Å². The van der Waals surface area contributed by atoms with Gasteiger partial charge in [-0.05, 0) is 45.1 Å². The van der Waals surface area contributed by atoms with Crippen molar-refractivity contribution in [3.8, 4) is 39.9 Å². The fourth-order valence-electron chi connectivity index (χ4n) is 8.12. The van der Waals surface area contributed by atoms with Crippen molar-refractivity contribution in [1.29, 1.82) is 0 Å². The minimum atomic E-state index is 0.642. The highest BCUT2D eigenvalue weighted by molar-refractivity contribution is 6.24. The quantitative estimate of drug-likeness (QED) is 0.187. The van der Waals surface area contributed by atoms with Crippen LogP contribution in [0.25, 0.3) is 105 Å². The van der Waals surface area contributed by atoms with Gasteiger partial charge in [0.25, 0.3) is 0 Å². The molecule has 0 unspecified atom stereocenters. The molecule has 0 atom stereocenters. The van der Waals surface area contributed by atoms with Crippen LogP contribution in [0.15, 0.2) is 182 Å². The summed E-state index contributed by atoms with van der Waals surface area (Å²) in [6.45, 7) is 0. The lowest BCUT2D eigenvalue weighted by atomic mass is 10.0. The first-order valence-corrected chi connectivity index (χ1v) is 18.0. The molecule has 0 bridgehead atoms. The van der Waals surface area contributed by atoms with Crippen molar-refractivity contribution in [2.24, 2.45) is 0 Å². The fraction of sp³-hybridized carbons (Fsp3) is 0. The van der Waals surface area contributed by atoms with E-state index >= 15 is 0 Å². The van der Waals surface area contributed by atoms with Crippen LogP contribution in [0.2, 0.25) is 0 Å². The highest BCUT2D eigenvalue weighted by Crippen LogP contribution is 2.42. The van der Waals surface area contributed by atoms with Crippen LogP contribution in [0, 0.1) is 0 Å². The lowest BCUT2D eigenvalue weighted by Gasteiger charge is -2.16. The van der Waals surface area contributed by atoms with E-state index in [2.05, 4.69) is 168 Å². The Morgan fingerprint density at radius 2 is 0.811 bits per heavy atom. The maximum atomic E-state index is 5.20. The number of rotatable bonds is 4. The third kappa shape index (κ3) is 4.66. The summed E-state index contributed by atoms with van der Waals surface area (Å²) in [7, 11) is 0. The molecule has 246 valence electrons. The largest absolute Gasteiger partial charge is 0.307 e. The van der Waals surface area contributed by atoms with Gasteiger partial charge in [-0.2, -0.15) is 0 Å². The van der Waals surface area contributed by atoms with Gasteiger partial charge in [-0.3, -0.25) is 0 Å². The third-order valence-electron chi connectivity index (χ3n) is 10.6. The standard InChI is InChI=1S/C49H30N4/c1-2-15-34(16-3-1)47-50-48(36-23-22-31-12-4-5-17-35(31)30-36)52-49(51-47)43-28-29-44(40-21-11-10-20-39(40)43)53-45-37-18-8-6-13-32(37)24-26-41(45)42-27-25-33-14-7-9-19-38(33)46(42)53/h1-30H. The molecular formula is C49H30N4. The van der Waals surface area contributed by atoms with Gasteiger partial charge in [0.1, 0.15) is 0 Å². The molecule has 0 aliphatic heterocycles. The number of fused-ring (bicyclic) bond motifs is 9. The second kappa shape index (κ2) is 11.7. The summed E-state index contributed by atoms with van der Waals surface area (Å²) < 4.78 is 2.49. The summed E-state index contributed by atoms with van der Waals surface area (Å²) in [5.74, 6) is 1.93. The molecule has 11 aromatic rings. The van der Waals surface area contributed by atoms with Crippen LogP contribution in [0.3, 0.4) is 0 Å². The molecule has 2 aromatic heterocycles. The molecular weight excluding hydrogens is 645 g/mol. The van der Waals surface area contributed by atoms with Crippen molar-refractivity contribution < 1.29 is 0 Å². The fourth-order valence-corrected chi connectivity index (χ4v) is 8.12. The first-order chi connectivity index (χ1) is 26.3. The lowest BCUT2D eigenvalue weighted by Crippen LogP contribution is -2.02.